The number of rotatable bonds is 5. The van der Waals surface area contributed by atoms with Crippen LogP contribution in [0.25, 0.3) is 0 Å². The maximum atomic E-state index is 12.2. The van der Waals surface area contributed by atoms with Crippen LogP contribution in [-0.2, 0) is 23.8 Å². The van der Waals surface area contributed by atoms with E-state index in [1.165, 1.54) is 24.8 Å². The fourth-order valence-corrected chi connectivity index (χ4v) is 2.58. The number of carbonyl (C=O) groups is 2. The van der Waals surface area contributed by atoms with Gasteiger partial charge in [-0.2, -0.15) is 4.98 Å². The van der Waals surface area contributed by atoms with E-state index < -0.39 is 30.1 Å². The molecule has 2 heterocycles. The van der Waals surface area contributed by atoms with Crippen LogP contribution in [0.15, 0.2) is 11.0 Å². The molecule has 3 N–H and O–H groups in total. The second-order valence-corrected chi connectivity index (χ2v) is 5.80. The molecule has 0 amide bonds. The van der Waals surface area contributed by atoms with E-state index in [9.17, 15) is 19.5 Å². The molecule has 1 aromatic rings. The van der Waals surface area contributed by atoms with Gasteiger partial charge in [0.25, 0.3) is 0 Å². The van der Waals surface area contributed by atoms with Crippen LogP contribution in [0.3, 0.4) is 0 Å². The van der Waals surface area contributed by atoms with Gasteiger partial charge in [0.05, 0.1) is 25.7 Å². The lowest BCUT2D eigenvalue weighted by atomic mass is 10.2. The molecule has 0 unspecified atom stereocenters. The van der Waals surface area contributed by atoms with Gasteiger partial charge in [-0.1, -0.05) is 11.8 Å². The number of esters is 2. The summed E-state index contributed by atoms with van der Waals surface area (Å²) in [4.78, 5) is 38.2. The topological polar surface area (TPSA) is 143 Å². The molecule has 0 bridgehead atoms. The maximum absolute atomic E-state index is 12.2. The molecule has 2 rings (SSSR count). The Balaban J connectivity index is 2.20. The molecule has 1 aromatic heterocycles. The molecule has 3 atom stereocenters. The number of hydrogen-bond donors (Lipinski definition) is 2. The number of nitrogen functional groups attached to an aromatic ring is 1. The first-order valence-electron chi connectivity index (χ1n) is 8.23. The van der Waals surface area contributed by atoms with Gasteiger partial charge in [0, 0.05) is 26.0 Å². The number of aromatic nitrogens is 2. The monoisotopic (exact) mass is 379 g/mol. The number of anilines is 1. The molecular weight excluding hydrogens is 358 g/mol. The molecule has 0 saturated carbocycles. The minimum atomic E-state index is -0.789. The SMILES string of the molecule is COC(=O)CCC#Cc1cn([C@H]2C[C@H](OC(C)=O)[C@@H](CO)O2)c(=O)nc1N. The summed E-state index contributed by atoms with van der Waals surface area (Å²) in [6.07, 6.45) is -0.273. The molecule has 1 saturated heterocycles. The van der Waals surface area contributed by atoms with Crippen LogP contribution < -0.4 is 11.4 Å². The Morgan fingerprint density at radius 1 is 1.52 bits per heavy atom. The smallest absolute Gasteiger partial charge is 0.351 e. The lowest BCUT2D eigenvalue weighted by Gasteiger charge is -2.15. The molecule has 10 nitrogen and oxygen atoms in total. The first-order valence-corrected chi connectivity index (χ1v) is 8.23. The maximum Gasteiger partial charge on any atom is 0.351 e. The molecular formula is C17H21N3O7. The Labute approximate surface area is 155 Å². The van der Waals surface area contributed by atoms with Crippen molar-refractivity contribution in [2.75, 3.05) is 19.5 Å². The van der Waals surface area contributed by atoms with Crippen molar-refractivity contribution in [3.8, 4) is 11.8 Å². The Kier molecular flexibility index (Phi) is 6.92. The van der Waals surface area contributed by atoms with Gasteiger partial charge < -0.3 is 25.1 Å². The lowest BCUT2D eigenvalue weighted by Crippen LogP contribution is -2.29. The molecule has 0 radical (unpaired) electrons. The second-order valence-electron chi connectivity index (χ2n) is 5.80. The van der Waals surface area contributed by atoms with Gasteiger partial charge >= 0.3 is 17.6 Å². The summed E-state index contributed by atoms with van der Waals surface area (Å²) in [6, 6.07) is 0. The zero-order valence-electron chi connectivity index (χ0n) is 15.0. The normalized spacial score (nSPS) is 21.2. The first-order chi connectivity index (χ1) is 12.8. The highest BCUT2D eigenvalue weighted by atomic mass is 16.6. The van der Waals surface area contributed by atoms with Crippen molar-refractivity contribution >= 4 is 17.8 Å². The van der Waals surface area contributed by atoms with E-state index in [4.69, 9.17) is 15.2 Å². The van der Waals surface area contributed by atoms with E-state index in [0.29, 0.717) is 5.56 Å². The summed E-state index contributed by atoms with van der Waals surface area (Å²) >= 11 is 0. The van der Waals surface area contributed by atoms with Gasteiger partial charge in [-0.25, -0.2) is 4.79 Å². The van der Waals surface area contributed by atoms with Crippen molar-refractivity contribution in [1.82, 2.24) is 9.55 Å². The van der Waals surface area contributed by atoms with Gasteiger partial charge in [0.2, 0.25) is 0 Å². The van der Waals surface area contributed by atoms with Crippen LogP contribution >= 0.6 is 0 Å². The fraction of sp³-hybridized carbons (Fsp3) is 0.529. The lowest BCUT2D eigenvalue weighted by molar-refractivity contribution is -0.150. The summed E-state index contributed by atoms with van der Waals surface area (Å²) in [7, 11) is 1.29. The Morgan fingerprint density at radius 2 is 2.26 bits per heavy atom. The summed E-state index contributed by atoms with van der Waals surface area (Å²) in [6.45, 7) is 0.881. The Morgan fingerprint density at radius 3 is 2.89 bits per heavy atom. The zero-order valence-corrected chi connectivity index (χ0v) is 15.0. The van der Waals surface area contributed by atoms with Gasteiger partial charge in [-0.3, -0.25) is 14.2 Å². The number of nitrogens with two attached hydrogens (primary N) is 1. The van der Waals surface area contributed by atoms with E-state index in [2.05, 4.69) is 21.6 Å². The third kappa shape index (κ3) is 5.29. The van der Waals surface area contributed by atoms with E-state index in [1.54, 1.807) is 0 Å². The van der Waals surface area contributed by atoms with Crippen molar-refractivity contribution < 1.29 is 28.9 Å². The Bertz CT molecular complexity index is 824. The molecule has 27 heavy (non-hydrogen) atoms. The number of carbonyl (C=O) groups excluding carboxylic acids is 2. The third-order valence-electron chi connectivity index (χ3n) is 3.87. The molecule has 146 valence electrons. The summed E-state index contributed by atoms with van der Waals surface area (Å²) in [5.74, 6) is 4.58. The average Bonchev–Trinajstić information content (AvgIpc) is 3.01. The predicted molar refractivity (Wildman–Crippen MR) is 92.2 cm³/mol. The van der Waals surface area contributed by atoms with E-state index in [1.807, 2.05) is 0 Å². The molecule has 10 heteroatoms. The van der Waals surface area contributed by atoms with Crippen LogP contribution in [-0.4, -0.2) is 52.5 Å². The van der Waals surface area contributed by atoms with Crippen molar-refractivity contribution in [2.45, 2.75) is 44.6 Å². The van der Waals surface area contributed by atoms with E-state index in [0.717, 1.165) is 0 Å². The summed E-state index contributed by atoms with van der Waals surface area (Å²) < 4.78 is 16.4. The molecule has 1 fully saturated rings. The van der Waals surface area contributed by atoms with Crippen molar-refractivity contribution in [2.24, 2.45) is 0 Å². The highest BCUT2D eigenvalue weighted by molar-refractivity contribution is 5.69. The van der Waals surface area contributed by atoms with Gasteiger partial charge in [0.15, 0.2) is 0 Å². The number of methoxy groups -OCH3 is 1. The first kappa shape index (κ1) is 20.4. The highest BCUT2D eigenvalue weighted by Gasteiger charge is 2.38. The highest BCUT2D eigenvalue weighted by Crippen LogP contribution is 2.30. The largest absolute Gasteiger partial charge is 0.469 e. The summed E-state index contributed by atoms with van der Waals surface area (Å²) in [5.41, 5.74) is 5.37. The molecule has 1 aliphatic heterocycles. The minimum Gasteiger partial charge on any atom is -0.469 e. The van der Waals surface area contributed by atoms with Crippen molar-refractivity contribution in [1.29, 1.82) is 0 Å². The van der Waals surface area contributed by atoms with Crippen LogP contribution in [0.4, 0.5) is 5.82 Å². The standard InChI is InChI=1S/C17H21N3O7/c1-10(22)26-12-7-14(27-13(12)9-21)20-8-11(16(18)19-17(20)24)5-3-4-6-15(23)25-2/h8,12-14,21H,4,6-7,9H2,1-2H3,(H2,18,19,24)/t12-,13+,14+/m0/s1. The molecule has 0 aliphatic carbocycles. The predicted octanol–water partition coefficient (Wildman–Crippen LogP) is -0.658. The number of aliphatic hydroxyl groups excluding tert-OH is 1. The number of ether oxygens (including phenoxy) is 3. The number of nitrogens with zero attached hydrogens (tertiary/aromatic N) is 2. The third-order valence-corrected chi connectivity index (χ3v) is 3.87. The van der Waals surface area contributed by atoms with Crippen molar-refractivity contribution in [3.63, 3.8) is 0 Å². The van der Waals surface area contributed by atoms with Crippen LogP contribution in [0, 0.1) is 11.8 Å². The molecule has 0 spiro atoms. The van der Waals surface area contributed by atoms with Crippen molar-refractivity contribution in [3.05, 3.63) is 22.2 Å². The van der Waals surface area contributed by atoms with Gasteiger partial charge in [-0.05, 0) is 0 Å². The van der Waals surface area contributed by atoms with Gasteiger partial charge in [0.1, 0.15) is 24.3 Å². The van der Waals surface area contributed by atoms with Crippen LogP contribution in [0.2, 0.25) is 0 Å². The van der Waals surface area contributed by atoms with Crippen LogP contribution in [0.5, 0.6) is 0 Å². The van der Waals surface area contributed by atoms with E-state index >= 15 is 0 Å². The minimum absolute atomic E-state index is 0.0462. The summed E-state index contributed by atoms with van der Waals surface area (Å²) in [5, 5.41) is 9.39. The average molecular weight is 379 g/mol. The molecule has 0 aromatic carbocycles. The quantitative estimate of drug-likeness (QED) is 0.503. The van der Waals surface area contributed by atoms with Crippen LogP contribution in [0.1, 0.15) is 38.0 Å². The Hall–Kier alpha value is -2.90. The molecule has 1 aliphatic rings. The zero-order chi connectivity index (χ0) is 20.0. The number of aliphatic hydroxyl groups is 1. The van der Waals surface area contributed by atoms with Gasteiger partial charge in [-0.15, -0.1) is 0 Å². The fourth-order valence-electron chi connectivity index (χ4n) is 2.58. The second kappa shape index (κ2) is 9.16. The number of hydrogen-bond acceptors (Lipinski definition) is 9. The van der Waals surface area contributed by atoms with E-state index in [-0.39, 0.29) is 37.7 Å².